The summed E-state index contributed by atoms with van der Waals surface area (Å²) in [6, 6.07) is 27.9. The summed E-state index contributed by atoms with van der Waals surface area (Å²) in [6.45, 7) is 1.08. The fourth-order valence-corrected chi connectivity index (χ4v) is 3.65. The van der Waals surface area contributed by atoms with E-state index in [1.54, 1.807) is 12.1 Å². The topological polar surface area (TPSA) is 81.8 Å². The Morgan fingerprint density at radius 1 is 0.818 bits per heavy atom. The second kappa shape index (κ2) is 8.92. The Bertz CT molecular complexity index is 1470. The second-order valence-corrected chi connectivity index (χ2v) is 7.66. The van der Waals surface area contributed by atoms with Crippen molar-refractivity contribution in [2.24, 2.45) is 0 Å². The first-order chi connectivity index (χ1) is 16.2. The first-order valence-electron chi connectivity index (χ1n) is 10.6. The summed E-state index contributed by atoms with van der Waals surface area (Å²) >= 11 is 0. The van der Waals surface area contributed by atoms with Gasteiger partial charge in [0.2, 0.25) is 0 Å². The van der Waals surface area contributed by atoms with Crippen molar-refractivity contribution in [3.63, 3.8) is 0 Å². The predicted octanol–water partition coefficient (Wildman–Crippen LogP) is 3.56. The minimum absolute atomic E-state index is 0.182. The molecule has 162 valence electrons. The van der Waals surface area contributed by atoms with Crippen LogP contribution in [0.2, 0.25) is 0 Å². The quantitative estimate of drug-likeness (QED) is 0.442. The highest BCUT2D eigenvalue weighted by Gasteiger charge is 2.11. The fourth-order valence-electron chi connectivity index (χ4n) is 3.65. The van der Waals surface area contributed by atoms with Crippen LogP contribution in [0.1, 0.15) is 21.6 Å². The van der Waals surface area contributed by atoms with Crippen molar-refractivity contribution in [3.8, 4) is 5.69 Å². The third-order valence-corrected chi connectivity index (χ3v) is 5.39. The molecular formula is C26H21N5O2. The third kappa shape index (κ3) is 4.43. The Morgan fingerprint density at radius 3 is 2.36 bits per heavy atom. The molecule has 0 bridgehead atoms. The van der Waals surface area contributed by atoms with Gasteiger partial charge in [-0.3, -0.25) is 9.59 Å². The SMILES string of the molecule is O=C(NCc1ccc(Cn2cnc3ccccc32)cc1)c1ccc(=O)n(-c2ccccc2)n1. The molecule has 5 rings (SSSR count). The van der Waals surface area contributed by atoms with E-state index in [4.69, 9.17) is 0 Å². The number of rotatable bonds is 6. The van der Waals surface area contributed by atoms with Crippen LogP contribution in [0.15, 0.2) is 102 Å². The van der Waals surface area contributed by atoms with Gasteiger partial charge in [0.25, 0.3) is 11.5 Å². The summed E-state index contributed by atoms with van der Waals surface area (Å²) in [5.41, 5.74) is 4.69. The van der Waals surface area contributed by atoms with E-state index in [0.29, 0.717) is 12.2 Å². The van der Waals surface area contributed by atoms with Gasteiger partial charge in [-0.15, -0.1) is 0 Å². The van der Waals surface area contributed by atoms with Crippen LogP contribution in [0.5, 0.6) is 0 Å². The van der Waals surface area contributed by atoms with Crippen LogP contribution in [0.3, 0.4) is 0 Å². The van der Waals surface area contributed by atoms with Crippen molar-refractivity contribution in [1.29, 1.82) is 0 Å². The van der Waals surface area contributed by atoms with Crippen molar-refractivity contribution in [1.82, 2.24) is 24.6 Å². The van der Waals surface area contributed by atoms with Gasteiger partial charge in [0.1, 0.15) is 5.69 Å². The van der Waals surface area contributed by atoms with E-state index < -0.39 is 0 Å². The molecule has 0 aliphatic carbocycles. The summed E-state index contributed by atoms with van der Waals surface area (Å²) in [7, 11) is 0. The Labute approximate surface area is 190 Å². The molecule has 1 N–H and O–H groups in total. The van der Waals surface area contributed by atoms with E-state index in [9.17, 15) is 9.59 Å². The molecule has 7 nitrogen and oxygen atoms in total. The third-order valence-electron chi connectivity index (χ3n) is 5.39. The maximum absolute atomic E-state index is 12.6. The lowest BCUT2D eigenvalue weighted by molar-refractivity contribution is 0.0944. The lowest BCUT2D eigenvalue weighted by Crippen LogP contribution is -2.28. The average Bonchev–Trinajstić information content (AvgIpc) is 3.27. The number of amides is 1. The maximum Gasteiger partial charge on any atom is 0.272 e. The standard InChI is InChI=1S/C26H21N5O2/c32-25-15-14-23(29-31(25)21-6-2-1-3-7-21)26(33)27-16-19-10-12-20(13-11-19)17-30-18-28-22-8-4-5-9-24(22)30/h1-15,18H,16-17H2,(H,27,33). The Morgan fingerprint density at radius 2 is 1.55 bits per heavy atom. The minimum Gasteiger partial charge on any atom is -0.347 e. The van der Waals surface area contributed by atoms with Crippen LogP contribution in [-0.4, -0.2) is 25.2 Å². The lowest BCUT2D eigenvalue weighted by Gasteiger charge is -2.09. The minimum atomic E-state index is -0.339. The second-order valence-electron chi connectivity index (χ2n) is 7.66. The van der Waals surface area contributed by atoms with Crippen LogP contribution < -0.4 is 10.9 Å². The normalized spacial score (nSPS) is 10.9. The number of imidazole rings is 1. The smallest absolute Gasteiger partial charge is 0.272 e. The molecule has 7 heteroatoms. The summed E-state index contributed by atoms with van der Waals surface area (Å²) in [5, 5.41) is 7.09. The number of nitrogens with zero attached hydrogens (tertiary/aromatic N) is 4. The van der Waals surface area contributed by atoms with Crippen molar-refractivity contribution in [2.75, 3.05) is 0 Å². The number of hydrogen-bond donors (Lipinski definition) is 1. The van der Waals surface area contributed by atoms with Gasteiger partial charge < -0.3 is 9.88 Å². The first kappa shape index (κ1) is 20.4. The summed E-state index contributed by atoms with van der Waals surface area (Å²) in [4.78, 5) is 29.2. The number of benzene rings is 3. The molecule has 0 atom stereocenters. The molecule has 1 amide bonds. The van der Waals surface area contributed by atoms with Gasteiger partial charge in [0.15, 0.2) is 0 Å². The Kier molecular flexibility index (Phi) is 5.51. The van der Waals surface area contributed by atoms with Crippen molar-refractivity contribution < 1.29 is 4.79 Å². The molecule has 5 aromatic rings. The van der Waals surface area contributed by atoms with E-state index in [0.717, 1.165) is 28.7 Å². The van der Waals surface area contributed by atoms with E-state index in [2.05, 4.69) is 26.0 Å². The number of fused-ring (bicyclic) bond motifs is 1. The van der Waals surface area contributed by atoms with Crippen LogP contribution in [0.25, 0.3) is 16.7 Å². The number of carbonyl (C=O) groups is 1. The molecule has 33 heavy (non-hydrogen) atoms. The monoisotopic (exact) mass is 435 g/mol. The highest BCUT2D eigenvalue weighted by atomic mass is 16.2. The van der Waals surface area contributed by atoms with E-state index in [1.165, 1.54) is 16.8 Å². The molecule has 0 fully saturated rings. The average molecular weight is 435 g/mol. The van der Waals surface area contributed by atoms with Gasteiger partial charge in [-0.25, -0.2) is 4.98 Å². The lowest BCUT2D eigenvalue weighted by atomic mass is 10.1. The summed E-state index contributed by atoms with van der Waals surface area (Å²) < 4.78 is 3.34. The zero-order chi connectivity index (χ0) is 22.6. The van der Waals surface area contributed by atoms with Gasteiger partial charge in [-0.1, -0.05) is 54.6 Å². The molecule has 0 radical (unpaired) electrons. The Hall–Kier alpha value is -4.52. The number of nitrogens with one attached hydrogen (secondary N) is 1. The van der Waals surface area contributed by atoms with Crippen LogP contribution in [-0.2, 0) is 13.1 Å². The van der Waals surface area contributed by atoms with Gasteiger partial charge in [0.05, 0.1) is 23.0 Å². The van der Waals surface area contributed by atoms with Crippen LogP contribution in [0.4, 0.5) is 0 Å². The Balaban J connectivity index is 1.24. The van der Waals surface area contributed by atoms with Crippen molar-refractivity contribution >= 4 is 16.9 Å². The van der Waals surface area contributed by atoms with E-state index in [-0.39, 0.29) is 17.2 Å². The van der Waals surface area contributed by atoms with Crippen LogP contribution in [0, 0.1) is 0 Å². The van der Waals surface area contributed by atoms with Gasteiger partial charge in [-0.2, -0.15) is 9.78 Å². The van der Waals surface area contributed by atoms with E-state index >= 15 is 0 Å². The predicted molar refractivity (Wildman–Crippen MR) is 126 cm³/mol. The number of para-hydroxylation sites is 3. The zero-order valence-electron chi connectivity index (χ0n) is 17.8. The first-order valence-corrected chi connectivity index (χ1v) is 10.6. The largest absolute Gasteiger partial charge is 0.347 e. The molecule has 0 unspecified atom stereocenters. The molecule has 0 aliphatic rings. The highest BCUT2D eigenvalue weighted by molar-refractivity contribution is 5.92. The van der Waals surface area contributed by atoms with Crippen LogP contribution >= 0.6 is 0 Å². The van der Waals surface area contributed by atoms with Crippen molar-refractivity contribution in [3.05, 3.63) is 124 Å². The van der Waals surface area contributed by atoms with Gasteiger partial charge in [0, 0.05) is 19.2 Å². The zero-order valence-corrected chi connectivity index (χ0v) is 17.8. The molecule has 3 aromatic carbocycles. The van der Waals surface area contributed by atoms with Gasteiger partial charge in [-0.05, 0) is 41.5 Å². The molecule has 2 heterocycles. The van der Waals surface area contributed by atoms with E-state index in [1.807, 2.05) is 67.0 Å². The number of carbonyl (C=O) groups excluding carboxylic acids is 1. The molecule has 0 saturated heterocycles. The number of aromatic nitrogens is 4. The molecule has 0 aliphatic heterocycles. The molecule has 0 saturated carbocycles. The maximum atomic E-state index is 12.6. The molecule has 0 spiro atoms. The summed E-state index contributed by atoms with van der Waals surface area (Å²) in [6.07, 6.45) is 1.85. The van der Waals surface area contributed by atoms with Crippen molar-refractivity contribution in [2.45, 2.75) is 13.1 Å². The number of hydrogen-bond acceptors (Lipinski definition) is 4. The molecule has 2 aromatic heterocycles. The summed E-state index contributed by atoms with van der Waals surface area (Å²) in [5.74, 6) is -0.339. The molecular weight excluding hydrogens is 414 g/mol. The van der Waals surface area contributed by atoms with Gasteiger partial charge >= 0.3 is 0 Å². The fraction of sp³-hybridized carbons (Fsp3) is 0.0769. The highest BCUT2D eigenvalue weighted by Crippen LogP contribution is 2.14.